The Balaban J connectivity index is 2.82. The number of hydrogen-bond donors (Lipinski definition) is 3. The highest BCUT2D eigenvalue weighted by Gasteiger charge is 2.26. The number of carboxylic acids is 1. The molecule has 1 aromatic carbocycles. The van der Waals surface area contributed by atoms with Crippen molar-refractivity contribution in [1.29, 1.82) is 0 Å². The molecule has 0 fully saturated rings. The van der Waals surface area contributed by atoms with E-state index in [1.54, 1.807) is 0 Å². The molecule has 2 amide bonds. The summed E-state index contributed by atoms with van der Waals surface area (Å²) in [7, 11) is 0. The van der Waals surface area contributed by atoms with Crippen molar-refractivity contribution in [3.8, 4) is 0 Å². The largest absolute Gasteiger partial charge is 0.480 e. The maximum atomic E-state index is 12.4. The van der Waals surface area contributed by atoms with Crippen molar-refractivity contribution >= 4 is 17.8 Å². The maximum absolute atomic E-state index is 12.4. The molecule has 6 heteroatoms. The Morgan fingerprint density at radius 3 is 2.13 bits per heavy atom. The third kappa shape index (κ3) is 6.95. The summed E-state index contributed by atoms with van der Waals surface area (Å²) in [4.78, 5) is 35.0. The van der Waals surface area contributed by atoms with Gasteiger partial charge in [0.05, 0.1) is 0 Å². The molecule has 3 N–H and O–H groups in total. The van der Waals surface area contributed by atoms with Crippen molar-refractivity contribution in [3.05, 3.63) is 35.9 Å². The number of rotatable bonds is 8. The molecular weight excluding hydrogens is 296 g/mol. The van der Waals surface area contributed by atoms with Gasteiger partial charge in [-0.15, -0.1) is 0 Å². The fraction of sp³-hybridized carbons (Fsp3) is 0.471. The highest BCUT2D eigenvalue weighted by molar-refractivity contribution is 5.90. The second-order valence-electron chi connectivity index (χ2n) is 5.97. The molecule has 0 saturated carbocycles. The molecule has 0 radical (unpaired) electrons. The van der Waals surface area contributed by atoms with Crippen molar-refractivity contribution in [1.82, 2.24) is 10.6 Å². The van der Waals surface area contributed by atoms with Gasteiger partial charge in [-0.25, -0.2) is 4.79 Å². The topological polar surface area (TPSA) is 95.5 Å². The van der Waals surface area contributed by atoms with E-state index in [1.807, 2.05) is 44.2 Å². The van der Waals surface area contributed by atoms with Gasteiger partial charge in [0, 0.05) is 13.3 Å². The summed E-state index contributed by atoms with van der Waals surface area (Å²) in [6, 6.07) is 7.49. The minimum absolute atomic E-state index is 0.129. The van der Waals surface area contributed by atoms with Crippen molar-refractivity contribution in [2.45, 2.75) is 45.7 Å². The average Bonchev–Trinajstić information content (AvgIpc) is 2.45. The fourth-order valence-corrected chi connectivity index (χ4v) is 2.27. The van der Waals surface area contributed by atoms with E-state index in [4.69, 9.17) is 0 Å². The summed E-state index contributed by atoms with van der Waals surface area (Å²) >= 11 is 0. The van der Waals surface area contributed by atoms with Crippen molar-refractivity contribution in [3.63, 3.8) is 0 Å². The van der Waals surface area contributed by atoms with E-state index in [0.29, 0.717) is 12.8 Å². The van der Waals surface area contributed by atoms with Crippen LogP contribution in [0.25, 0.3) is 0 Å². The third-order valence-electron chi connectivity index (χ3n) is 3.30. The van der Waals surface area contributed by atoms with Crippen LogP contribution in [0.4, 0.5) is 0 Å². The lowest BCUT2D eigenvalue weighted by molar-refractivity contribution is -0.142. The minimum atomic E-state index is -1.08. The van der Waals surface area contributed by atoms with Crippen LogP contribution in [-0.4, -0.2) is 35.0 Å². The van der Waals surface area contributed by atoms with Crippen molar-refractivity contribution in [2.24, 2.45) is 5.92 Å². The highest BCUT2D eigenvalue weighted by atomic mass is 16.4. The molecule has 6 nitrogen and oxygen atoms in total. The fourth-order valence-electron chi connectivity index (χ4n) is 2.27. The molecule has 0 aromatic heterocycles. The lowest BCUT2D eigenvalue weighted by atomic mass is 10.0. The first-order chi connectivity index (χ1) is 10.8. The van der Waals surface area contributed by atoms with E-state index in [9.17, 15) is 19.5 Å². The van der Waals surface area contributed by atoms with Gasteiger partial charge in [-0.1, -0.05) is 44.2 Å². The third-order valence-corrected chi connectivity index (χ3v) is 3.30. The summed E-state index contributed by atoms with van der Waals surface area (Å²) < 4.78 is 0. The summed E-state index contributed by atoms with van der Waals surface area (Å²) in [6.45, 7) is 5.10. The van der Waals surface area contributed by atoms with Crippen molar-refractivity contribution < 1.29 is 19.5 Å². The molecule has 0 saturated heterocycles. The quantitative estimate of drug-likeness (QED) is 0.674. The smallest absolute Gasteiger partial charge is 0.326 e. The van der Waals surface area contributed by atoms with Crippen LogP contribution in [0, 0.1) is 5.92 Å². The first-order valence-corrected chi connectivity index (χ1v) is 7.63. The molecule has 0 aliphatic rings. The van der Waals surface area contributed by atoms with Crippen LogP contribution in [0.5, 0.6) is 0 Å². The number of nitrogens with one attached hydrogen (secondary N) is 2. The normalized spacial score (nSPS) is 13.2. The monoisotopic (exact) mass is 320 g/mol. The van der Waals surface area contributed by atoms with Gasteiger partial charge in [0.25, 0.3) is 0 Å². The van der Waals surface area contributed by atoms with E-state index >= 15 is 0 Å². The molecule has 0 heterocycles. The molecule has 0 aliphatic carbocycles. The van der Waals surface area contributed by atoms with Gasteiger partial charge in [-0.3, -0.25) is 9.59 Å². The van der Waals surface area contributed by atoms with Crippen LogP contribution in [0.15, 0.2) is 30.3 Å². The van der Waals surface area contributed by atoms with Crippen LogP contribution in [0.2, 0.25) is 0 Å². The van der Waals surface area contributed by atoms with Gasteiger partial charge in [0.2, 0.25) is 11.8 Å². The number of benzene rings is 1. The van der Waals surface area contributed by atoms with Gasteiger partial charge in [-0.2, -0.15) is 0 Å². The predicted octanol–water partition coefficient (Wildman–Crippen LogP) is 1.35. The summed E-state index contributed by atoms with van der Waals surface area (Å²) in [6.07, 6.45) is 0.638. The lowest BCUT2D eigenvalue weighted by Crippen LogP contribution is -2.52. The molecular formula is C17H24N2O4. The van der Waals surface area contributed by atoms with Crippen LogP contribution in [-0.2, 0) is 20.8 Å². The minimum Gasteiger partial charge on any atom is -0.480 e. The van der Waals surface area contributed by atoms with Crippen LogP contribution >= 0.6 is 0 Å². The second-order valence-corrected chi connectivity index (χ2v) is 5.97. The van der Waals surface area contributed by atoms with E-state index in [0.717, 1.165) is 5.56 Å². The Bertz CT molecular complexity index is 543. The zero-order chi connectivity index (χ0) is 17.4. The summed E-state index contributed by atoms with van der Waals surface area (Å²) in [5.41, 5.74) is 0.886. The second kappa shape index (κ2) is 8.92. The highest BCUT2D eigenvalue weighted by Crippen LogP contribution is 2.07. The van der Waals surface area contributed by atoms with Crippen LogP contribution in [0.1, 0.15) is 32.8 Å². The van der Waals surface area contributed by atoms with Crippen LogP contribution < -0.4 is 10.6 Å². The first kappa shape index (κ1) is 18.7. The summed E-state index contributed by atoms with van der Waals surface area (Å²) in [5.74, 6) is -1.77. The van der Waals surface area contributed by atoms with E-state index < -0.39 is 24.0 Å². The Kier molecular flexibility index (Phi) is 7.25. The zero-order valence-corrected chi connectivity index (χ0v) is 13.7. The number of carboxylic acid groups (broad SMARTS) is 1. The molecule has 0 spiro atoms. The van der Waals surface area contributed by atoms with E-state index in [2.05, 4.69) is 10.6 Å². The molecule has 0 aliphatic heterocycles. The number of hydrogen-bond acceptors (Lipinski definition) is 3. The Hall–Kier alpha value is -2.37. The van der Waals surface area contributed by atoms with Gasteiger partial charge >= 0.3 is 5.97 Å². The average molecular weight is 320 g/mol. The van der Waals surface area contributed by atoms with Gasteiger partial charge in [0.15, 0.2) is 0 Å². The lowest BCUT2D eigenvalue weighted by Gasteiger charge is -2.22. The molecule has 126 valence electrons. The van der Waals surface area contributed by atoms with Crippen molar-refractivity contribution in [2.75, 3.05) is 0 Å². The van der Waals surface area contributed by atoms with E-state index in [-0.39, 0.29) is 11.8 Å². The SMILES string of the molecule is CC(=O)N[C@@H](Cc1ccccc1)C(=O)N[C@@H](CC(C)C)C(=O)O. The van der Waals surface area contributed by atoms with E-state index in [1.165, 1.54) is 6.92 Å². The molecule has 0 bridgehead atoms. The Labute approximate surface area is 136 Å². The summed E-state index contributed by atoms with van der Waals surface area (Å²) in [5, 5.41) is 14.3. The Morgan fingerprint density at radius 2 is 1.65 bits per heavy atom. The number of aliphatic carboxylic acids is 1. The molecule has 1 rings (SSSR count). The van der Waals surface area contributed by atoms with Gasteiger partial charge in [-0.05, 0) is 17.9 Å². The number of carbonyl (C=O) groups is 3. The molecule has 1 aromatic rings. The molecule has 2 atom stereocenters. The predicted molar refractivity (Wildman–Crippen MR) is 86.8 cm³/mol. The number of amides is 2. The van der Waals surface area contributed by atoms with Crippen LogP contribution in [0.3, 0.4) is 0 Å². The van der Waals surface area contributed by atoms with Gasteiger partial charge in [0.1, 0.15) is 12.1 Å². The zero-order valence-electron chi connectivity index (χ0n) is 13.7. The molecule has 0 unspecified atom stereocenters. The Morgan fingerprint density at radius 1 is 1.04 bits per heavy atom. The first-order valence-electron chi connectivity index (χ1n) is 7.63. The standard InChI is InChI=1S/C17H24N2O4/c1-11(2)9-15(17(22)23)19-16(21)14(18-12(3)20)10-13-7-5-4-6-8-13/h4-8,11,14-15H,9-10H2,1-3H3,(H,18,20)(H,19,21)(H,22,23)/t14-,15-/m0/s1. The van der Waals surface area contributed by atoms with Gasteiger partial charge < -0.3 is 15.7 Å². The molecule has 23 heavy (non-hydrogen) atoms. The maximum Gasteiger partial charge on any atom is 0.326 e. The number of carbonyl (C=O) groups excluding carboxylic acids is 2.